The number of alkyl halides is 3. The average Bonchev–Trinajstić information content (AvgIpc) is 2.92. The Bertz CT molecular complexity index is 1280. The number of piperazine rings is 2. The van der Waals surface area contributed by atoms with Crippen molar-refractivity contribution in [2.75, 3.05) is 57.8 Å². The van der Waals surface area contributed by atoms with Gasteiger partial charge in [-0.25, -0.2) is 0 Å². The number of benzene rings is 2. The quantitative estimate of drug-likeness (QED) is 0.441. The molecule has 2 saturated heterocycles. The van der Waals surface area contributed by atoms with Gasteiger partial charge in [-0.2, -0.15) is 13.2 Å². The summed E-state index contributed by atoms with van der Waals surface area (Å²) in [6.45, 7) is 6.79. The summed E-state index contributed by atoms with van der Waals surface area (Å²) in [6.07, 6.45) is -3.68. The molecule has 2 aliphatic rings. The Labute approximate surface area is 255 Å². The van der Waals surface area contributed by atoms with E-state index >= 15 is 0 Å². The molecule has 0 spiro atoms. The van der Waals surface area contributed by atoms with Crippen LogP contribution in [0.25, 0.3) is 0 Å². The molecule has 2 aromatic carbocycles. The zero-order chi connectivity index (χ0) is 30.8. The van der Waals surface area contributed by atoms with Crippen molar-refractivity contribution in [1.82, 2.24) is 14.7 Å². The van der Waals surface area contributed by atoms with Gasteiger partial charge >= 0.3 is 6.18 Å². The lowest BCUT2D eigenvalue weighted by atomic mass is 9.94. The van der Waals surface area contributed by atoms with E-state index in [0.717, 1.165) is 17.7 Å². The van der Waals surface area contributed by atoms with Crippen molar-refractivity contribution in [2.45, 2.75) is 44.9 Å². The molecule has 2 aromatic rings. The van der Waals surface area contributed by atoms with Gasteiger partial charge in [-0.3, -0.25) is 14.5 Å². The van der Waals surface area contributed by atoms with E-state index in [1.165, 1.54) is 6.07 Å². The van der Waals surface area contributed by atoms with Crippen molar-refractivity contribution < 1.29 is 22.8 Å². The summed E-state index contributed by atoms with van der Waals surface area (Å²) in [7, 11) is 1.87. The van der Waals surface area contributed by atoms with Crippen molar-refractivity contribution in [3.05, 3.63) is 63.1 Å². The molecule has 2 unspecified atom stereocenters. The Kier molecular flexibility index (Phi) is 10.3. The number of anilines is 1. The van der Waals surface area contributed by atoms with Crippen molar-refractivity contribution in [2.24, 2.45) is 11.7 Å². The largest absolute Gasteiger partial charge is 0.416 e. The van der Waals surface area contributed by atoms with Crippen molar-refractivity contribution in [3.63, 3.8) is 0 Å². The molecule has 0 saturated carbocycles. The third-order valence-electron chi connectivity index (χ3n) is 7.95. The molecular formula is C30H38Cl2F3N5O2. The van der Waals surface area contributed by atoms with Crippen LogP contribution in [0.15, 0.2) is 36.4 Å². The Morgan fingerprint density at radius 2 is 1.69 bits per heavy atom. The minimum Gasteiger partial charge on any atom is -0.368 e. The van der Waals surface area contributed by atoms with Crippen LogP contribution in [0.5, 0.6) is 0 Å². The SMILES string of the molecule is CC(C)CC(N)c1cc(C(F)(F)F)ccc1N1CCN(C(=O)C(Cc2ccc(Cl)cc2Cl)N2CCN(C)CC2=O)CC1. The Balaban J connectivity index is 1.55. The van der Waals surface area contributed by atoms with Crippen LogP contribution in [-0.4, -0.2) is 85.4 Å². The van der Waals surface area contributed by atoms with E-state index in [0.29, 0.717) is 67.0 Å². The molecule has 12 heteroatoms. The molecule has 42 heavy (non-hydrogen) atoms. The molecule has 0 radical (unpaired) electrons. The van der Waals surface area contributed by atoms with Crippen molar-refractivity contribution in [1.29, 1.82) is 0 Å². The van der Waals surface area contributed by atoms with Crippen LogP contribution in [0.3, 0.4) is 0 Å². The smallest absolute Gasteiger partial charge is 0.368 e. The number of halogens is 5. The minimum atomic E-state index is -4.47. The van der Waals surface area contributed by atoms with Crippen LogP contribution < -0.4 is 10.6 Å². The maximum atomic E-state index is 14.0. The average molecular weight is 629 g/mol. The van der Waals surface area contributed by atoms with Gasteiger partial charge in [0, 0.05) is 67.5 Å². The summed E-state index contributed by atoms with van der Waals surface area (Å²) in [5.74, 6) is -0.0951. The molecule has 0 aliphatic carbocycles. The Morgan fingerprint density at radius 1 is 1.00 bits per heavy atom. The number of hydrogen-bond donors (Lipinski definition) is 1. The second-order valence-electron chi connectivity index (χ2n) is 11.6. The highest BCUT2D eigenvalue weighted by molar-refractivity contribution is 6.35. The zero-order valence-electron chi connectivity index (χ0n) is 24.1. The van der Waals surface area contributed by atoms with E-state index in [4.69, 9.17) is 28.9 Å². The molecule has 4 rings (SSSR count). The maximum absolute atomic E-state index is 14.0. The number of hydrogen-bond acceptors (Lipinski definition) is 5. The number of carbonyl (C=O) groups excluding carboxylic acids is 2. The monoisotopic (exact) mass is 627 g/mol. The fourth-order valence-electron chi connectivity index (χ4n) is 5.69. The van der Waals surface area contributed by atoms with E-state index in [1.54, 1.807) is 28.0 Å². The standard InChI is InChI=1S/C30H38Cl2F3N5O2/c1-19(2)14-25(36)23-16-21(30(33,34)35)5-7-26(23)38-9-11-39(12-10-38)29(42)27(40-13-8-37(3)18-28(40)41)15-20-4-6-22(31)17-24(20)32/h4-7,16-17,19,25,27H,8-15,18,36H2,1-3H3. The summed E-state index contributed by atoms with van der Waals surface area (Å²) in [6, 6.07) is 7.54. The predicted octanol–water partition coefficient (Wildman–Crippen LogP) is 5.09. The van der Waals surface area contributed by atoms with Crippen LogP contribution in [0.2, 0.25) is 10.0 Å². The normalized spacial score (nSPS) is 18.5. The molecule has 0 bridgehead atoms. The molecule has 230 valence electrons. The first-order valence-electron chi connectivity index (χ1n) is 14.2. The Hall–Kier alpha value is -2.53. The van der Waals surface area contributed by atoms with E-state index in [2.05, 4.69) is 0 Å². The fourth-order valence-corrected chi connectivity index (χ4v) is 6.17. The topological polar surface area (TPSA) is 73.1 Å². The van der Waals surface area contributed by atoms with E-state index in [-0.39, 0.29) is 30.7 Å². The summed E-state index contributed by atoms with van der Waals surface area (Å²) in [4.78, 5) is 34.3. The van der Waals surface area contributed by atoms with Crippen LogP contribution in [0.1, 0.15) is 43.0 Å². The predicted molar refractivity (Wildman–Crippen MR) is 160 cm³/mol. The van der Waals surface area contributed by atoms with Gasteiger partial charge < -0.3 is 20.4 Å². The highest BCUT2D eigenvalue weighted by Gasteiger charge is 2.37. The van der Waals surface area contributed by atoms with Gasteiger partial charge in [-0.1, -0.05) is 43.1 Å². The van der Waals surface area contributed by atoms with Crippen molar-refractivity contribution in [3.8, 4) is 0 Å². The molecule has 7 nitrogen and oxygen atoms in total. The van der Waals surface area contributed by atoms with Gasteiger partial charge in [0.1, 0.15) is 6.04 Å². The van der Waals surface area contributed by atoms with Gasteiger partial charge in [0.2, 0.25) is 11.8 Å². The molecule has 2 aliphatic heterocycles. The van der Waals surface area contributed by atoms with Gasteiger partial charge in [0.25, 0.3) is 0 Å². The summed E-state index contributed by atoms with van der Waals surface area (Å²) in [5.41, 5.74) is 7.52. The van der Waals surface area contributed by atoms with E-state index < -0.39 is 23.8 Å². The zero-order valence-corrected chi connectivity index (χ0v) is 25.6. The van der Waals surface area contributed by atoms with E-state index in [1.807, 2.05) is 30.7 Å². The van der Waals surface area contributed by atoms with Crippen LogP contribution >= 0.6 is 23.2 Å². The number of rotatable bonds is 8. The van der Waals surface area contributed by atoms with Gasteiger partial charge in [-0.15, -0.1) is 0 Å². The van der Waals surface area contributed by atoms with Crippen LogP contribution in [0, 0.1) is 5.92 Å². The number of nitrogens with zero attached hydrogens (tertiary/aromatic N) is 4. The Morgan fingerprint density at radius 3 is 2.29 bits per heavy atom. The van der Waals surface area contributed by atoms with Gasteiger partial charge in [-0.05, 0) is 60.8 Å². The van der Waals surface area contributed by atoms with Crippen LogP contribution in [-0.2, 0) is 22.2 Å². The minimum absolute atomic E-state index is 0.126. The molecule has 2 fully saturated rings. The van der Waals surface area contributed by atoms with Gasteiger partial charge in [0.05, 0.1) is 12.1 Å². The third-order valence-corrected chi connectivity index (χ3v) is 8.54. The molecule has 2 heterocycles. The molecule has 2 amide bonds. The molecule has 2 N–H and O–H groups in total. The highest BCUT2D eigenvalue weighted by atomic mass is 35.5. The highest BCUT2D eigenvalue weighted by Crippen LogP contribution is 2.37. The summed E-state index contributed by atoms with van der Waals surface area (Å²) in [5, 5.41) is 0.911. The first-order valence-corrected chi connectivity index (χ1v) is 14.9. The fraction of sp³-hybridized carbons (Fsp3) is 0.533. The first-order chi connectivity index (χ1) is 19.7. The molecule has 2 atom stereocenters. The summed E-state index contributed by atoms with van der Waals surface area (Å²) < 4.78 is 40.6. The molecular weight excluding hydrogens is 590 g/mol. The maximum Gasteiger partial charge on any atom is 0.416 e. The number of amides is 2. The number of carbonyl (C=O) groups is 2. The van der Waals surface area contributed by atoms with Crippen LogP contribution in [0.4, 0.5) is 18.9 Å². The lowest BCUT2D eigenvalue weighted by Crippen LogP contribution is -2.60. The van der Waals surface area contributed by atoms with E-state index in [9.17, 15) is 22.8 Å². The number of nitrogens with two attached hydrogens (primary N) is 1. The lowest BCUT2D eigenvalue weighted by Gasteiger charge is -2.42. The second kappa shape index (κ2) is 13.4. The second-order valence-corrected chi connectivity index (χ2v) is 12.4. The molecule has 0 aromatic heterocycles. The third kappa shape index (κ3) is 7.70. The van der Waals surface area contributed by atoms with Crippen molar-refractivity contribution >= 4 is 40.7 Å². The lowest BCUT2D eigenvalue weighted by molar-refractivity contribution is -0.149. The number of likely N-dealkylation sites (N-methyl/N-ethyl adjacent to an activating group) is 1. The summed E-state index contributed by atoms with van der Waals surface area (Å²) >= 11 is 12.5. The van der Waals surface area contributed by atoms with Gasteiger partial charge in [0.15, 0.2) is 0 Å². The first kappa shape index (κ1) is 32.4.